The minimum Gasteiger partial charge on any atom is -0.394 e. The number of amides is 1. The van der Waals surface area contributed by atoms with E-state index in [1.165, 1.54) is 77.0 Å². The van der Waals surface area contributed by atoms with Crippen molar-refractivity contribution in [3.8, 4) is 0 Å². The first kappa shape index (κ1) is 49.1. The molecule has 0 aromatic rings. The van der Waals surface area contributed by atoms with Gasteiger partial charge in [0, 0.05) is 6.42 Å². The van der Waals surface area contributed by atoms with Gasteiger partial charge in [0.05, 0.1) is 32.0 Å². The number of carbonyl (C=O) groups excluding carboxylic acids is 1. The van der Waals surface area contributed by atoms with Crippen LogP contribution in [0.3, 0.4) is 0 Å². The highest BCUT2D eigenvalue weighted by Gasteiger charge is 2.50. The molecule has 14 nitrogen and oxygen atoms in total. The second-order valence-electron chi connectivity index (χ2n) is 15.5. The molecule has 0 bridgehead atoms. The normalized spacial score (nSPS) is 30.0. The van der Waals surface area contributed by atoms with Gasteiger partial charge in [0.1, 0.15) is 48.8 Å². The van der Waals surface area contributed by atoms with E-state index in [1.807, 2.05) is 0 Å². The Labute approximate surface area is 323 Å². The fraction of sp³-hybridized carbons (Fsp3) is 0.975. The second kappa shape index (κ2) is 29.2. The maximum Gasteiger partial charge on any atom is 0.220 e. The van der Waals surface area contributed by atoms with Crippen LogP contribution in [0.25, 0.3) is 0 Å². The van der Waals surface area contributed by atoms with Crippen molar-refractivity contribution >= 4 is 5.91 Å². The summed E-state index contributed by atoms with van der Waals surface area (Å²) >= 11 is 0. The molecule has 320 valence electrons. The van der Waals surface area contributed by atoms with Crippen molar-refractivity contribution in [1.82, 2.24) is 5.32 Å². The van der Waals surface area contributed by atoms with E-state index in [-0.39, 0.29) is 12.5 Å². The Hall–Kier alpha value is -1.01. The number of carbonyl (C=O) groups is 1. The third-order valence-corrected chi connectivity index (χ3v) is 10.8. The third kappa shape index (κ3) is 18.1. The summed E-state index contributed by atoms with van der Waals surface area (Å²) in [5.74, 6) is -0.225. The number of nitrogens with one attached hydrogen (secondary N) is 1. The van der Waals surface area contributed by atoms with E-state index in [0.29, 0.717) is 19.3 Å². The largest absolute Gasteiger partial charge is 0.394 e. The van der Waals surface area contributed by atoms with Crippen LogP contribution in [0.2, 0.25) is 0 Å². The van der Waals surface area contributed by atoms with E-state index in [2.05, 4.69) is 19.2 Å². The van der Waals surface area contributed by atoms with Crippen molar-refractivity contribution in [1.29, 1.82) is 0 Å². The number of unbranched alkanes of at least 4 members (excludes halogenated alkanes) is 18. The molecule has 0 saturated carbocycles. The number of aliphatic hydroxyl groups is 8. The molecule has 2 heterocycles. The van der Waals surface area contributed by atoms with Crippen LogP contribution in [-0.2, 0) is 23.7 Å². The molecule has 0 aromatic carbocycles. The predicted molar refractivity (Wildman–Crippen MR) is 203 cm³/mol. The summed E-state index contributed by atoms with van der Waals surface area (Å²) in [5, 5.41) is 86.0. The number of aliphatic hydroxyl groups excluding tert-OH is 8. The van der Waals surface area contributed by atoms with E-state index in [1.54, 1.807) is 0 Å². The molecule has 12 unspecified atom stereocenters. The zero-order valence-corrected chi connectivity index (χ0v) is 33.2. The van der Waals surface area contributed by atoms with Gasteiger partial charge >= 0.3 is 0 Å². The number of hydrogen-bond donors (Lipinski definition) is 9. The van der Waals surface area contributed by atoms with Gasteiger partial charge in [-0.2, -0.15) is 0 Å². The zero-order chi connectivity index (χ0) is 39.7. The molecule has 2 aliphatic heterocycles. The molecular formula is C40H77NO13. The first-order valence-electron chi connectivity index (χ1n) is 21.3. The van der Waals surface area contributed by atoms with Crippen molar-refractivity contribution < 1.29 is 64.6 Å². The molecule has 12 atom stereocenters. The highest BCUT2D eigenvalue weighted by atomic mass is 16.7. The molecule has 0 aliphatic carbocycles. The van der Waals surface area contributed by atoms with Crippen LogP contribution < -0.4 is 5.32 Å². The maximum atomic E-state index is 12.8. The van der Waals surface area contributed by atoms with Gasteiger partial charge in [-0.25, -0.2) is 0 Å². The first-order chi connectivity index (χ1) is 26.1. The summed E-state index contributed by atoms with van der Waals surface area (Å²) in [7, 11) is 0. The van der Waals surface area contributed by atoms with E-state index in [9.17, 15) is 45.6 Å². The van der Waals surface area contributed by atoms with E-state index >= 15 is 0 Å². The Morgan fingerprint density at radius 3 is 1.57 bits per heavy atom. The molecule has 2 saturated heterocycles. The molecule has 14 heteroatoms. The van der Waals surface area contributed by atoms with Crippen LogP contribution in [0.1, 0.15) is 155 Å². The number of hydrogen-bond acceptors (Lipinski definition) is 13. The van der Waals surface area contributed by atoms with E-state index < -0.39 is 86.8 Å². The second-order valence-corrected chi connectivity index (χ2v) is 15.5. The molecule has 0 aromatic heterocycles. The van der Waals surface area contributed by atoms with Gasteiger partial charge in [-0.05, 0) is 12.8 Å². The van der Waals surface area contributed by atoms with Crippen molar-refractivity contribution in [2.45, 2.75) is 229 Å². The summed E-state index contributed by atoms with van der Waals surface area (Å²) in [6.07, 6.45) is 7.62. The van der Waals surface area contributed by atoms with Crippen molar-refractivity contribution in [3.05, 3.63) is 0 Å². The van der Waals surface area contributed by atoms with Gasteiger partial charge in [-0.15, -0.1) is 0 Å². The van der Waals surface area contributed by atoms with E-state index in [4.69, 9.17) is 18.9 Å². The zero-order valence-electron chi connectivity index (χ0n) is 33.2. The van der Waals surface area contributed by atoms with Crippen LogP contribution >= 0.6 is 0 Å². The predicted octanol–water partition coefficient (Wildman–Crippen LogP) is 3.09. The molecule has 2 aliphatic rings. The fourth-order valence-electron chi connectivity index (χ4n) is 7.23. The molecule has 0 radical (unpaired) electrons. The Kier molecular flexibility index (Phi) is 26.6. The SMILES string of the molecule is CCCCCCCCCCCCCCCCCCC(O)C(COC1OC(CO)C(OC2OC(CO)C(O)C(O)C2O)C(O)C1O)NC(=O)CCCCCC. The summed E-state index contributed by atoms with van der Waals surface area (Å²) in [6, 6.07) is -0.816. The van der Waals surface area contributed by atoms with Gasteiger partial charge in [-0.1, -0.05) is 136 Å². The molecule has 1 amide bonds. The lowest BCUT2D eigenvalue weighted by molar-refractivity contribution is -0.359. The summed E-state index contributed by atoms with van der Waals surface area (Å²) in [4.78, 5) is 12.8. The monoisotopic (exact) mass is 780 g/mol. The van der Waals surface area contributed by atoms with Crippen LogP contribution in [0.4, 0.5) is 0 Å². The van der Waals surface area contributed by atoms with Gasteiger partial charge < -0.3 is 65.1 Å². The van der Waals surface area contributed by atoms with E-state index in [0.717, 1.165) is 44.9 Å². The number of ether oxygens (including phenoxy) is 4. The molecule has 54 heavy (non-hydrogen) atoms. The van der Waals surface area contributed by atoms with Gasteiger partial charge in [-0.3, -0.25) is 4.79 Å². The van der Waals surface area contributed by atoms with Crippen molar-refractivity contribution in [3.63, 3.8) is 0 Å². The molecule has 2 fully saturated rings. The minimum absolute atomic E-state index is 0.225. The Morgan fingerprint density at radius 2 is 1.06 bits per heavy atom. The molecule has 0 spiro atoms. The van der Waals surface area contributed by atoms with Gasteiger partial charge in [0.15, 0.2) is 12.6 Å². The Morgan fingerprint density at radius 1 is 0.593 bits per heavy atom. The fourth-order valence-corrected chi connectivity index (χ4v) is 7.23. The summed E-state index contributed by atoms with van der Waals surface area (Å²) in [6.45, 7) is 2.70. The van der Waals surface area contributed by atoms with Gasteiger partial charge in [0.2, 0.25) is 5.91 Å². The Balaban J connectivity index is 1.82. The highest BCUT2D eigenvalue weighted by molar-refractivity contribution is 5.76. The molecule has 9 N–H and O–H groups in total. The molecule has 2 rings (SSSR count). The van der Waals surface area contributed by atoms with Crippen molar-refractivity contribution in [2.24, 2.45) is 0 Å². The van der Waals surface area contributed by atoms with Crippen LogP contribution in [0.15, 0.2) is 0 Å². The van der Waals surface area contributed by atoms with Crippen LogP contribution in [-0.4, -0.2) is 140 Å². The van der Waals surface area contributed by atoms with Gasteiger partial charge in [0.25, 0.3) is 0 Å². The lowest BCUT2D eigenvalue weighted by Gasteiger charge is -2.46. The standard InChI is InChI=1S/C40H77NO13/c1-3-5-7-9-10-11-12-13-14-15-16-17-18-19-20-21-23-29(44)28(41-32(45)24-22-8-6-4-2)27-51-39-37(50)35(48)38(31(26-43)53-39)54-40-36(49)34(47)33(46)30(25-42)52-40/h28-31,33-40,42-44,46-50H,3-27H2,1-2H3,(H,41,45). The summed E-state index contributed by atoms with van der Waals surface area (Å²) in [5.41, 5.74) is 0. The quantitative estimate of drug-likeness (QED) is 0.0462. The Bertz CT molecular complexity index is 930. The maximum absolute atomic E-state index is 12.8. The topological polar surface area (TPSA) is 228 Å². The lowest BCUT2D eigenvalue weighted by atomic mass is 9.97. The molecular weight excluding hydrogens is 702 g/mol. The lowest BCUT2D eigenvalue weighted by Crippen LogP contribution is -2.65. The van der Waals surface area contributed by atoms with Crippen LogP contribution in [0.5, 0.6) is 0 Å². The average Bonchev–Trinajstić information content (AvgIpc) is 3.17. The minimum atomic E-state index is -1.78. The third-order valence-electron chi connectivity index (χ3n) is 10.8. The average molecular weight is 780 g/mol. The summed E-state index contributed by atoms with van der Waals surface area (Å²) < 4.78 is 22.5. The number of rotatable bonds is 31. The van der Waals surface area contributed by atoms with Crippen molar-refractivity contribution in [2.75, 3.05) is 19.8 Å². The smallest absolute Gasteiger partial charge is 0.220 e. The first-order valence-corrected chi connectivity index (χ1v) is 21.3. The highest BCUT2D eigenvalue weighted by Crippen LogP contribution is 2.30. The van der Waals surface area contributed by atoms with Crippen LogP contribution in [0, 0.1) is 0 Å².